The maximum absolute atomic E-state index is 12.0. The number of hydrogen-bond acceptors (Lipinski definition) is 3. The molecule has 5 nitrogen and oxygen atoms in total. The van der Waals surface area contributed by atoms with Gasteiger partial charge in [0.1, 0.15) is 5.69 Å². The third kappa shape index (κ3) is 2.16. The molecule has 120 valence electrons. The summed E-state index contributed by atoms with van der Waals surface area (Å²) >= 11 is 0. The van der Waals surface area contributed by atoms with Crippen LogP contribution in [0.5, 0.6) is 0 Å². The first kappa shape index (κ1) is 14.9. The molecule has 2 aromatic carbocycles. The van der Waals surface area contributed by atoms with Crippen LogP contribution in [0.4, 0.5) is 0 Å². The fourth-order valence-electron chi connectivity index (χ4n) is 3.29. The highest BCUT2D eigenvalue weighted by Gasteiger charge is 2.22. The minimum absolute atomic E-state index is 0.184. The van der Waals surface area contributed by atoms with Gasteiger partial charge in [0.2, 0.25) is 0 Å². The molecule has 4 aromatic rings. The van der Waals surface area contributed by atoms with E-state index in [1.54, 1.807) is 35.9 Å². The van der Waals surface area contributed by atoms with Crippen LogP contribution in [0.1, 0.15) is 21.6 Å². The van der Waals surface area contributed by atoms with Gasteiger partial charge >= 0.3 is 5.97 Å². The summed E-state index contributed by atoms with van der Waals surface area (Å²) in [5, 5.41) is 20.6. The van der Waals surface area contributed by atoms with Crippen LogP contribution in [0.3, 0.4) is 0 Å². The number of fused-ring (bicyclic) bond motifs is 2. The van der Waals surface area contributed by atoms with Crippen LogP contribution in [-0.2, 0) is 0 Å². The van der Waals surface area contributed by atoms with Gasteiger partial charge in [-0.2, -0.15) is 5.26 Å². The van der Waals surface area contributed by atoms with Crippen molar-refractivity contribution in [2.45, 2.75) is 6.92 Å². The van der Waals surface area contributed by atoms with E-state index in [2.05, 4.69) is 11.1 Å². The quantitative estimate of drug-likeness (QED) is 0.602. The first-order valence-electron chi connectivity index (χ1n) is 7.74. The number of rotatable bonds is 2. The van der Waals surface area contributed by atoms with Gasteiger partial charge in [-0.25, -0.2) is 4.79 Å². The molecule has 0 aliphatic carbocycles. The van der Waals surface area contributed by atoms with Crippen molar-refractivity contribution >= 4 is 27.8 Å². The fraction of sp³-hybridized carbons (Fsp3) is 0.0500. The second-order valence-electron chi connectivity index (χ2n) is 5.81. The van der Waals surface area contributed by atoms with E-state index in [0.29, 0.717) is 16.8 Å². The van der Waals surface area contributed by atoms with Crippen LogP contribution in [0.25, 0.3) is 27.5 Å². The lowest BCUT2D eigenvalue weighted by Crippen LogP contribution is -2.08. The van der Waals surface area contributed by atoms with E-state index in [-0.39, 0.29) is 5.69 Å². The second-order valence-corrected chi connectivity index (χ2v) is 5.81. The molecule has 25 heavy (non-hydrogen) atoms. The van der Waals surface area contributed by atoms with Crippen molar-refractivity contribution in [3.05, 3.63) is 71.5 Å². The number of hydrogen-bond donors (Lipinski definition) is 1. The summed E-state index contributed by atoms with van der Waals surface area (Å²) in [7, 11) is 0. The van der Waals surface area contributed by atoms with E-state index in [9.17, 15) is 9.90 Å². The summed E-state index contributed by atoms with van der Waals surface area (Å²) in [5.41, 5.74) is 3.50. The maximum atomic E-state index is 12.0. The molecule has 0 aliphatic heterocycles. The number of aromatic carboxylic acids is 1. The molecule has 5 heteroatoms. The molecule has 0 unspecified atom stereocenters. The first-order valence-corrected chi connectivity index (χ1v) is 7.74. The van der Waals surface area contributed by atoms with Crippen LogP contribution in [0.2, 0.25) is 0 Å². The molecule has 0 amide bonds. The largest absolute Gasteiger partial charge is 0.477 e. The summed E-state index contributed by atoms with van der Waals surface area (Å²) in [4.78, 5) is 16.4. The molecule has 0 spiro atoms. The molecule has 0 saturated carbocycles. The third-order valence-electron chi connectivity index (χ3n) is 4.40. The second kappa shape index (κ2) is 5.46. The highest BCUT2D eigenvalue weighted by atomic mass is 16.4. The Labute approximate surface area is 143 Å². The van der Waals surface area contributed by atoms with Crippen LogP contribution in [0.15, 0.2) is 54.7 Å². The lowest BCUT2D eigenvalue weighted by molar-refractivity contribution is 0.0688. The molecule has 2 aromatic heterocycles. The Morgan fingerprint density at radius 2 is 2.00 bits per heavy atom. The maximum Gasteiger partial charge on any atom is 0.353 e. The number of nitrogens with zero attached hydrogens (tertiary/aromatic N) is 3. The summed E-state index contributed by atoms with van der Waals surface area (Å²) in [6.45, 7) is 1.77. The van der Waals surface area contributed by atoms with Gasteiger partial charge in [0.05, 0.1) is 28.4 Å². The Hall–Kier alpha value is -3.65. The summed E-state index contributed by atoms with van der Waals surface area (Å²) < 4.78 is 1.71. The smallest absolute Gasteiger partial charge is 0.353 e. The van der Waals surface area contributed by atoms with Crippen LogP contribution < -0.4 is 0 Å². The monoisotopic (exact) mass is 327 g/mol. The van der Waals surface area contributed by atoms with Gasteiger partial charge in [0, 0.05) is 17.0 Å². The summed E-state index contributed by atoms with van der Waals surface area (Å²) in [5.74, 6) is -1.01. The van der Waals surface area contributed by atoms with Gasteiger partial charge in [-0.05, 0) is 42.8 Å². The van der Waals surface area contributed by atoms with Gasteiger partial charge < -0.3 is 9.67 Å². The van der Waals surface area contributed by atoms with Crippen LogP contribution >= 0.6 is 0 Å². The number of nitriles is 1. The molecule has 0 bridgehead atoms. The predicted octanol–water partition coefficient (Wildman–Crippen LogP) is 4.06. The molecule has 0 atom stereocenters. The summed E-state index contributed by atoms with van der Waals surface area (Å²) in [6, 6.07) is 16.8. The first-order chi connectivity index (χ1) is 12.1. The van der Waals surface area contributed by atoms with E-state index >= 15 is 0 Å². The highest BCUT2D eigenvalue weighted by molar-refractivity contribution is 6.01. The Morgan fingerprint density at radius 3 is 2.76 bits per heavy atom. The minimum Gasteiger partial charge on any atom is -0.477 e. The zero-order valence-electron chi connectivity index (χ0n) is 13.4. The number of para-hydroxylation sites is 1. The van der Waals surface area contributed by atoms with Gasteiger partial charge in [-0.3, -0.25) is 4.98 Å². The minimum atomic E-state index is -1.01. The van der Waals surface area contributed by atoms with E-state index in [4.69, 9.17) is 5.26 Å². The Morgan fingerprint density at radius 1 is 1.20 bits per heavy atom. The van der Waals surface area contributed by atoms with Crippen LogP contribution in [0, 0.1) is 18.3 Å². The zero-order valence-corrected chi connectivity index (χ0v) is 13.4. The number of aryl methyl sites for hydroxylation is 1. The average molecular weight is 327 g/mol. The van der Waals surface area contributed by atoms with Crippen molar-refractivity contribution in [3.8, 4) is 11.8 Å². The lowest BCUT2D eigenvalue weighted by Gasteiger charge is -2.11. The highest BCUT2D eigenvalue weighted by Crippen LogP contribution is 2.32. The van der Waals surface area contributed by atoms with Crippen molar-refractivity contribution in [2.24, 2.45) is 0 Å². The van der Waals surface area contributed by atoms with Gasteiger partial charge in [0.25, 0.3) is 0 Å². The van der Waals surface area contributed by atoms with E-state index in [0.717, 1.165) is 21.8 Å². The molecule has 0 radical (unpaired) electrons. The number of carboxylic acids is 1. The van der Waals surface area contributed by atoms with Crippen molar-refractivity contribution < 1.29 is 9.90 Å². The van der Waals surface area contributed by atoms with E-state index < -0.39 is 5.97 Å². The average Bonchev–Trinajstić information content (AvgIpc) is 2.93. The normalized spacial score (nSPS) is 10.9. The molecule has 0 saturated heterocycles. The Kier molecular flexibility index (Phi) is 3.26. The molecule has 2 heterocycles. The van der Waals surface area contributed by atoms with Crippen LogP contribution in [-0.4, -0.2) is 20.6 Å². The number of carbonyl (C=O) groups is 1. The van der Waals surface area contributed by atoms with E-state index in [1.807, 2.05) is 30.3 Å². The molecule has 0 aliphatic rings. The molecule has 1 N–H and O–H groups in total. The number of pyridine rings is 1. The Bertz CT molecular complexity index is 1190. The molecular formula is C20H13N3O2. The molecule has 0 fully saturated rings. The molecule has 4 rings (SSSR count). The Balaban J connectivity index is 2.19. The fourth-order valence-corrected chi connectivity index (χ4v) is 3.29. The van der Waals surface area contributed by atoms with Crippen molar-refractivity contribution in [2.75, 3.05) is 0 Å². The van der Waals surface area contributed by atoms with Crippen molar-refractivity contribution in [1.29, 1.82) is 5.26 Å². The number of aromatic nitrogens is 2. The standard InChI is InChI=1S/C20H13N3O2/c1-12-15-10-13(11-21)7-8-16(15)23(19(12)20(24)25)17-6-2-4-14-5-3-9-22-18(14)17/h2-10H,1H3,(H,24,25). The third-order valence-corrected chi connectivity index (χ3v) is 4.40. The van der Waals surface area contributed by atoms with Gasteiger partial charge in [-0.15, -0.1) is 0 Å². The summed E-state index contributed by atoms with van der Waals surface area (Å²) in [6.07, 6.45) is 1.69. The predicted molar refractivity (Wildman–Crippen MR) is 95.0 cm³/mol. The molecular weight excluding hydrogens is 314 g/mol. The van der Waals surface area contributed by atoms with Crippen molar-refractivity contribution in [1.82, 2.24) is 9.55 Å². The number of carboxylic acid groups (broad SMARTS) is 1. The van der Waals surface area contributed by atoms with E-state index in [1.165, 1.54) is 0 Å². The lowest BCUT2D eigenvalue weighted by atomic mass is 10.1. The zero-order chi connectivity index (χ0) is 17.6. The van der Waals surface area contributed by atoms with Gasteiger partial charge in [-0.1, -0.05) is 18.2 Å². The SMILES string of the molecule is Cc1c(C(=O)O)n(-c2cccc3cccnc23)c2ccc(C#N)cc12. The van der Waals surface area contributed by atoms with Gasteiger partial charge in [0.15, 0.2) is 0 Å². The van der Waals surface area contributed by atoms with Crippen molar-refractivity contribution in [3.63, 3.8) is 0 Å². The topological polar surface area (TPSA) is 78.9 Å². The number of benzene rings is 2.